The van der Waals surface area contributed by atoms with Crippen molar-refractivity contribution in [3.8, 4) is 17.0 Å². The van der Waals surface area contributed by atoms with Crippen molar-refractivity contribution in [3.63, 3.8) is 0 Å². The first kappa shape index (κ1) is 17.8. The number of carboxylic acids is 1. The van der Waals surface area contributed by atoms with Crippen molar-refractivity contribution in [2.45, 2.75) is 13.0 Å². The zero-order valence-electron chi connectivity index (χ0n) is 15.0. The number of benzene rings is 3. The molecule has 1 heterocycles. The number of fused-ring (bicyclic) bond motifs is 1. The van der Waals surface area contributed by atoms with E-state index in [0.717, 1.165) is 11.1 Å². The number of aromatic nitrogens is 1. The molecule has 0 atom stereocenters. The number of carbonyl (C=O) groups is 1. The van der Waals surface area contributed by atoms with Gasteiger partial charge in [-0.25, -0.2) is 4.39 Å². The Balaban J connectivity index is 1.64. The number of ether oxygens (including phenoxy) is 1. The fourth-order valence-corrected chi connectivity index (χ4v) is 3.28. The van der Waals surface area contributed by atoms with E-state index in [2.05, 4.69) is 4.98 Å². The average Bonchev–Trinajstić information content (AvgIpc) is 3.07. The summed E-state index contributed by atoms with van der Waals surface area (Å²) in [4.78, 5) is 14.4. The molecule has 0 aliphatic rings. The number of hydrogen-bond donors (Lipinski definition) is 2. The first-order valence-electron chi connectivity index (χ1n) is 8.90. The number of nitrogens with one attached hydrogen (secondary N) is 1. The van der Waals surface area contributed by atoms with Crippen LogP contribution >= 0.6 is 0 Å². The van der Waals surface area contributed by atoms with E-state index in [1.165, 1.54) is 6.07 Å². The van der Waals surface area contributed by atoms with Gasteiger partial charge in [-0.3, -0.25) is 4.79 Å². The van der Waals surface area contributed by atoms with Gasteiger partial charge >= 0.3 is 5.97 Å². The van der Waals surface area contributed by atoms with Crippen LogP contribution in [0.4, 0.5) is 4.39 Å². The number of rotatable bonds is 6. The number of carboxylic acid groups (broad SMARTS) is 1. The molecule has 0 spiro atoms. The molecule has 0 amide bonds. The molecule has 0 unspecified atom stereocenters. The van der Waals surface area contributed by atoms with Crippen LogP contribution < -0.4 is 4.74 Å². The van der Waals surface area contributed by atoms with Gasteiger partial charge in [0.05, 0.1) is 17.6 Å². The topological polar surface area (TPSA) is 62.3 Å². The molecule has 4 rings (SSSR count). The first-order valence-corrected chi connectivity index (χ1v) is 8.90. The largest absolute Gasteiger partial charge is 0.489 e. The van der Waals surface area contributed by atoms with E-state index < -0.39 is 11.8 Å². The van der Waals surface area contributed by atoms with Crippen LogP contribution in [0.2, 0.25) is 0 Å². The van der Waals surface area contributed by atoms with Crippen LogP contribution in [0.15, 0.2) is 72.8 Å². The number of H-pyrrole nitrogens is 1. The molecular formula is C23H18FNO3. The highest BCUT2D eigenvalue weighted by Crippen LogP contribution is 2.33. The van der Waals surface area contributed by atoms with Gasteiger partial charge in [0, 0.05) is 5.39 Å². The van der Waals surface area contributed by atoms with Crippen LogP contribution in [0.1, 0.15) is 11.1 Å². The number of halogens is 1. The van der Waals surface area contributed by atoms with Gasteiger partial charge < -0.3 is 14.8 Å². The molecule has 4 nitrogen and oxygen atoms in total. The first-order chi connectivity index (χ1) is 13.6. The van der Waals surface area contributed by atoms with Gasteiger partial charge in [-0.1, -0.05) is 42.5 Å². The maximum absolute atomic E-state index is 14.2. The predicted octanol–water partition coefficient (Wildman–Crippen LogP) is 5.18. The molecule has 1 aromatic heterocycles. The summed E-state index contributed by atoms with van der Waals surface area (Å²) in [5.74, 6) is -0.665. The van der Waals surface area contributed by atoms with Gasteiger partial charge in [0.15, 0.2) is 0 Å². The van der Waals surface area contributed by atoms with Crippen LogP contribution in [0.5, 0.6) is 5.75 Å². The summed E-state index contributed by atoms with van der Waals surface area (Å²) in [6.07, 6.45) is -0.189. The van der Waals surface area contributed by atoms with Crippen molar-refractivity contribution in [1.29, 1.82) is 0 Å². The number of hydrogen-bond acceptors (Lipinski definition) is 2. The van der Waals surface area contributed by atoms with Crippen LogP contribution in [0, 0.1) is 5.82 Å². The van der Waals surface area contributed by atoms with E-state index in [0.29, 0.717) is 34.5 Å². The summed E-state index contributed by atoms with van der Waals surface area (Å²) < 4.78 is 20.0. The highest BCUT2D eigenvalue weighted by Gasteiger charge is 2.17. The minimum Gasteiger partial charge on any atom is -0.489 e. The van der Waals surface area contributed by atoms with Gasteiger partial charge in [0.2, 0.25) is 0 Å². The molecule has 0 aliphatic heterocycles. The number of aromatic amines is 1. The van der Waals surface area contributed by atoms with Crippen molar-refractivity contribution in [3.05, 3.63) is 89.7 Å². The zero-order valence-corrected chi connectivity index (χ0v) is 15.0. The van der Waals surface area contributed by atoms with Crippen molar-refractivity contribution in [2.75, 3.05) is 0 Å². The smallest absolute Gasteiger partial charge is 0.307 e. The number of aliphatic carboxylic acids is 1. The molecular weight excluding hydrogens is 357 g/mol. The lowest BCUT2D eigenvalue weighted by Gasteiger charge is -2.08. The Morgan fingerprint density at radius 2 is 1.71 bits per heavy atom. The molecule has 0 bridgehead atoms. The van der Waals surface area contributed by atoms with Gasteiger partial charge in [-0.05, 0) is 47.0 Å². The highest BCUT2D eigenvalue weighted by atomic mass is 19.1. The molecule has 3 aromatic carbocycles. The maximum Gasteiger partial charge on any atom is 0.307 e. The molecule has 0 saturated heterocycles. The Kier molecular flexibility index (Phi) is 4.81. The molecule has 0 radical (unpaired) electrons. The molecule has 28 heavy (non-hydrogen) atoms. The third kappa shape index (κ3) is 3.60. The second kappa shape index (κ2) is 7.56. The summed E-state index contributed by atoms with van der Waals surface area (Å²) in [7, 11) is 0. The average molecular weight is 375 g/mol. The van der Waals surface area contributed by atoms with Crippen LogP contribution in [-0.4, -0.2) is 16.1 Å². The summed E-state index contributed by atoms with van der Waals surface area (Å²) in [5.41, 5.74) is 3.34. The Morgan fingerprint density at radius 1 is 0.964 bits per heavy atom. The van der Waals surface area contributed by atoms with Gasteiger partial charge in [0.25, 0.3) is 0 Å². The Labute approximate surface area is 161 Å². The van der Waals surface area contributed by atoms with E-state index in [4.69, 9.17) is 4.74 Å². The number of para-hydroxylation sites is 1. The lowest BCUT2D eigenvalue weighted by Crippen LogP contribution is -2.01. The quantitative estimate of drug-likeness (QED) is 0.488. The van der Waals surface area contributed by atoms with Gasteiger partial charge in [0.1, 0.15) is 18.2 Å². The van der Waals surface area contributed by atoms with Crippen molar-refractivity contribution < 1.29 is 19.0 Å². The fourth-order valence-electron chi connectivity index (χ4n) is 3.28. The van der Waals surface area contributed by atoms with Gasteiger partial charge in [-0.2, -0.15) is 0 Å². The molecule has 5 heteroatoms. The third-order valence-electron chi connectivity index (χ3n) is 4.61. The van der Waals surface area contributed by atoms with Crippen LogP contribution in [0.3, 0.4) is 0 Å². The molecule has 0 saturated carbocycles. The van der Waals surface area contributed by atoms with E-state index in [9.17, 15) is 14.3 Å². The summed E-state index contributed by atoms with van der Waals surface area (Å²) in [5, 5.41) is 9.87. The van der Waals surface area contributed by atoms with E-state index >= 15 is 0 Å². The molecule has 2 N–H and O–H groups in total. The van der Waals surface area contributed by atoms with Crippen LogP contribution in [-0.2, 0) is 17.8 Å². The molecule has 0 aliphatic carbocycles. The maximum atomic E-state index is 14.2. The molecule has 140 valence electrons. The molecule has 4 aromatic rings. The highest BCUT2D eigenvalue weighted by molar-refractivity contribution is 5.94. The van der Waals surface area contributed by atoms with E-state index in [1.54, 1.807) is 12.1 Å². The lowest BCUT2D eigenvalue weighted by atomic mass is 10.0. The predicted molar refractivity (Wildman–Crippen MR) is 106 cm³/mol. The van der Waals surface area contributed by atoms with Crippen molar-refractivity contribution in [2.24, 2.45) is 0 Å². The summed E-state index contributed by atoms with van der Waals surface area (Å²) in [6, 6.07) is 21.9. The van der Waals surface area contributed by atoms with Gasteiger partial charge in [-0.15, -0.1) is 0 Å². The zero-order chi connectivity index (χ0) is 19.5. The second-order valence-corrected chi connectivity index (χ2v) is 6.51. The van der Waals surface area contributed by atoms with E-state index in [1.807, 2.05) is 54.6 Å². The van der Waals surface area contributed by atoms with E-state index in [-0.39, 0.29) is 6.42 Å². The minimum atomic E-state index is -0.964. The SMILES string of the molecule is O=C(O)Cc1c(-c2ccc(OCc3ccccc3)cc2)[nH]c2c(F)cccc12. The Bertz CT molecular complexity index is 1120. The van der Waals surface area contributed by atoms with Crippen LogP contribution in [0.25, 0.3) is 22.2 Å². The monoisotopic (exact) mass is 375 g/mol. The third-order valence-corrected chi connectivity index (χ3v) is 4.61. The summed E-state index contributed by atoms with van der Waals surface area (Å²) >= 11 is 0. The standard InChI is InChI=1S/C23H18FNO3/c24-20-8-4-7-18-19(13-21(26)27)22(25-23(18)20)16-9-11-17(12-10-16)28-14-15-5-2-1-3-6-15/h1-12,25H,13-14H2,(H,26,27). The second-order valence-electron chi connectivity index (χ2n) is 6.51. The normalized spacial score (nSPS) is 10.9. The lowest BCUT2D eigenvalue weighted by molar-refractivity contribution is -0.136. The van der Waals surface area contributed by atoms with Crippen molar-refractivity contribution >= 4 is 16.9 Å². The Morgan fingerprint density at radius 3 is 2.43 bits per heavy atom. The van der Waals surface area contributed by atoms with Crippen molar-refractivity contribution in [1.82, 2.24) is 4.98 Å². The Hall–Kier alpha value is -3.60. The fraction of sp³-hybridized carbons (Fsp3) is 0.0870. The minimum absolute atomic E-state index is 0.189. The molecule has 0 fully saturated rings. The summed E-state index contributed by atoms with van der Waals surface area (Å²) in [6.45, 7) is 0.460.